The van der Waals surface area contributed by atoms with Crippen LogP contribution < -0.4 is 0 Å². The second kappa shape index (κ2) is 4.41. The van der Waals surface area contributed by atoms with E-state index in [9.17, 15) is 4.79 Å². The summed E-state index contributed by atoms with van der Waals surface area (Å²) in [6, 6.07) is 7.88. The van der Waals surface area contributed by atoms with Gasteiger partial charge in [-0.1, -0.05) is 12.1 Å². The van der Waals surface area contributed by atoms with Crippen LogP contribution in [0.2, 0.25) is 0 Å². The molecule has 1 N–H and O–H groups in total. The van der Waals surface area contributed by atoms with Crippen LogP contribution in [0.1, 0.15) is 24.1 Å². The summed E-state index contributed by atoms with van der Waals surface area (Å²) < 4.78 is 1.81. The van der Waals surface area contributed by atoms with Gasteiger partial charge in [0.25, 0.3) is 0 Å². The summed E-state index contributed by atoms with van der Waals surface area (Å²) in [5, 5.41) is 9.04. The Morgan fingerprint density at radius 2 is 2.24 bits per heavy atom. The maximum absolute atomic E-state index is 11.0. The van der Waals surface area contributed by atoms with Gasteiger partial charge in [0.1, 0.15) is 0 Å². The molecule has 1 unspecified atom stereocenters. The third kappa shape index (κ3) is 2.20. The zero-order chi connectivity index (χ0) is 12.4. The smallest absolute Gasteiger partial charge is 0.312 e. The first-order valence-electron chi connectivity index (χ1n) is 5.41. The van der Waals surface area contributed by atoms with Crippen molar-refractivity contribution in [2.75, 3.05) is 0 Å². The largest absolute Gasteiger partial charge is 0.481 e. The van der Waals surface area contributed by atoms with Gasteiger partial charge in [0.15, 0.2) is 0 Å². The van der Waals surface area contributed by atoms with Crippen LogP contribution in [-0.4, -0.2) is 20.6 Å². The number of aromatic nitrogens is 2. The second-order valence-corrected chi connectivity index (χ2v) is 4.09. The Bertz CT molecular complexity index is 546. The number of carboxylic acid groups (broad SMARTS) is 1. The quantitative estimate of drug-likeness (QED) is 0.880. The van der Waals surface area contributed by atoms with Gasteiger partial charge in [-0.2, -0.15) is 0 Å². The van der Waals surface area contributed by atoms with Crippen molar-refractivity contribution in [3.8, 4) is 5.69 Å². The lowest BCUT2D eigenvalue weighted by atomic mass is 10.1. The fraction of sp³-hybridized carbons (Fsp3) is 0.231. The van der Waals surface area contributed by atoms with Gasteiger partial charge >= 0.3 is 5.97 Å². The molecule has 4 nitrogen and oxygen atoms in total. The second-order valence-electron chi connectivity index (χ2n) is 4.09. The van der Waals surface area contributed by atoms with Crippen molar-refractivity contribution in [3.05, 3.63) is 48.0 Å². The summed E-state index contributed by atoms with van der Waals surface area (Å²) in [5.74, 6) is -1.42. The first-order valence-corrected chi connectivity index (χ1v) is 5.41. The number of nitrogens with zero attached hydrogens (tertiary/aromatic N) is 2. The van der Waals surface area contributed by atoms with Crippen LogP contribution in [0.25, 0.3) is 5.69 Å². The standard InChI is InChI=1S/C13H14N2O2/c1-9-4-3-5-11(6-9)15-8-14-7-12(15)10(2)13(16)17/h3-8,10H,1-2H3,(H,16,17). The van der Waals surface area contributed by atoms with E-state index in [0.717, 1.165) is 11.3 Å². The molecule has 88 valence electrons. The lowest BCUT2D eigenvalue weighted by Gasteiger charge is -2.11. The molecule has 0 saturated carbocycles. The lowest BCUT2D eigenvalue weighted by Crippen LogP contribution is -2.11. The molecule has 0 fully saturated rings. The fourth-order valence-electron chi connectivity index (χ4n) is 1.75. The number of hydrogen-bond donors (Lipinski definition) is 1. The minimum Gasteiger partial charge on any atom is -0.481 e. The first-order chi connectivity index (χ1) is 8.09. The van der Waals surface area contributed by atoms with Gasteiger partial charge < -0.3 is 9.67 Å². The Labute approximate surface area is 99.5 Å². The van der Waals surface area contributed by atoms with Gasteiger partial charge in [0.05, 0.1) is 17.9 Å². The molecule has 2 aromatic rings. The van der Waals surface area contributed by atoms with Gasteiger partial charge in [-0.25, -0.2) is 4.98 Å². The number of carboxylic acids is 1. The summed E-state index contributed by atoms with van der Waals surface area (Å²) in [4.78, 5) is 15.0. The van der Waals surface area contributed by atoms with Crippen LogP contribution in [0, 0.1) is 6.92 Å². The molecular formula is C13H14N2O2. The Hall–Kier alpha value is -2.10. The predicted molar refractivity (Wildman–Crippen MR) is 64.4 cm³/mol. The van der Waals surface area contributed by atoms with Crippen molar-refractivity contribution in [3.63, 3.8) is 0 Å². The van der Waals surface area contributed by atoms with Crippen molar-refractivity contribution in [1.82, 2.24) is 9.55 Å². The summed E-state index contributed by atoms with van der Waals surface area (Å²) in [5.41, 5.74) is 2.75. The Kier molecular flexibility index (Phi) is 2.95. The number of rotatable bonds is 3. The molecule has 1 aromatic carbocycles. The average molecular weight is 230 g/mol. The number of hydrogen-bond acceptors (Lipinski definition) is 2. The molecule has 0 aliphatic rings. The van der Waals surface area contributed by atoms with Gasteiger partial charge in [-0.15, -0.1) is 0 Å². The van der Waals surface area contributed by atoms with Crippen molar-refractivity contribution in [2.24, 2.45) is 0 Å². The number of aryl methyl sites for hydroxylation is 1. The molecule has 0 aliphatic carbocycles. The molecule has 1 heterocycles. The van der Waals surface area contributed by atoms with Crippen molar-refractivity contribution in [1.29, 1.82) is 0 Å². The van der Waals surface area contributed by atoms with Crippen molar-refractivity contribution in [2.45, 2.75) is 19.8 Å². The monoisotopic (exact) mass is 230 g/mol. The number of aliphatic carboxylic acids is 1. The van der Waals surface area contributed by atoms with Crippen LogP contribution in [-0.2, 0) is 4.79 Å². The maximum Gasteiger partial charge on any atom is 0.312 e. The Morgan fingerprint density at radius 1 is 1.47 bits per heavy atom. The highest BCUT2D eigenvalue weighted by atomic mass is 16.4. The summed E-state index contributed by atoms with van der Waals surface area (Å²) >= 11 is 0. The highest BCUT2D eigenvalue weighted by Crippen LogP contribution is 2.20. The van der Waals surface area contributed by atoms with E-state index in [0.29, 0.717) is 5.69 Å². The van der Waals surface area contributed by atoms with E-state index in [-0.39, 0.29) is 0 Å². The van der Waals surface area contributed by atoms with E-state index >= 15 is 0 Å². The molecule has 1 atom stereocenters. The molecule has 0 bridgehead atoms. The van der Waals surface area contributed by atoms with Crippen LogP contribution in [0.15, 0.2) is 36.8 Å². The molecule has 0 saturated heterocycles. The van der Waals surface area contributed by atoms with Crippen LogP contribution in [0.4, 0.5) is 0 Å². The summed E-state index contributed by atoms with van der Waals surface area (Å²) in [7, 11) is 0. The van der Waals surface area contributed by atoms with Crippen LogP contribution in [0.3, 0.4) is 0 Å². The van der Waals surface area contributed by atoms with Crippen molar-refractivity contribution >= 4 is 5.97 Å². The predicted octanol–water partition coefficient (Wildman–Crippen LogP) is 2.37. The molecule has 0 spiro atoms. The van der Waals surface area contributed by atoms with Crippen molar-refractivity contribution < 1.29 is 9.90 Å². The van der Waals surface area contributed by atoms with E-state index in [1.165, 1.54) is 0 Å². The zero-order valence-corrected chi connectivity index (χ0v) is 9.79. The van der Waals surface area contributed by atoms with E-state index < -0.39 is 11.9 Å². The number of imidazole rings is 1. The van der Waals surface area contributed by atoms with Gasteiger partial charge in [0, 0.05) is 11.9 Å². The molecule has 1 aromatic heterocycles. The van der Waals surface area contributed by atoms with E-state index in [1.54, 1.807) is 19.4 Å². The molecular weight excluding hydrogens is 216 g/mol. The van der Waals surface area contributed by atoms with Gasteiger partial charge in [-0.3, -0.25) is 4.79 Å². The van der Waals surface area contributed by atoms with E-state index in [1.807, 2.05) is 35.8 Å². The van der Waals surface area contributed by atoms with E-state index in [2.05, 4.69) is 4.98 Å². The highest BCUT2D eigenvalue weighted by molar-refractivity contribution is 5.75. The third-order valence-corrected chi connectivity index (χ3v) is 2.76. The minimum atomic E-state index is -0.848. The summed E-state index contributed by atoms with van der Waals surface area (Å²) in [6.45, 7) is 3.66. The molecule has 0 radical (unpaired) electrons. The first kappa shape index (κ1) is 11.4. The Morgan fingerprint density at radius 3 is 2.88 bits per heavy atom. The van der Waals surface area contributed by atoms with E-state index in [4.69, 9.17) is 5.11 Å². The number of carbonyl (C=O) groups is 1. The molecule has 2 rings (SSSR count). The average Bonchev–Trinajstić information content (AvgIpc) is 2.76. The Balaban J connectivity index is 2.47. The zero-order valence-electron chi connectivity index (χ0n) is 9.79. The van der Waals surface area contributed by atoms with Gasteiger partial charge in [-0.05, 0) is 31.5 Å². The summed E-state index contributed by atoms with van der Waals surface area (Å²) in [6.07, 6.45) is 3.24. The normalized spacial score (nSPS) is 12.4. The fourth-order valence-corrected chi connectivity index (χ4v) is 1.75. The van der Waals surface area contributed by atoms with Crippen LogP contribution >= 0.6 is 0 Å². The SMILES string of the molecule is Cc1cccc(-n2cncc2C(C)C(=O)O)c1. The topological polar surface area (TPSA) is 55.1 Å². The van der Waals surface area contributed by atoms with Gasteiger partial charge in [0.2, 0.25) is 0 Å². The third-order valence-electron chi connectivity index (χ3n) is 2.76. The molecule has 4 heteroatoms. The van der Waals surface area contributed by atoms with Crippen LogP contribution in [0.5, 0.6) is 0 Å². The minimum absolute atomic E-state index is 0.571. The number of benzene rings is 1. The molecule has 17 heavy (non-hydrogen) atoms. The lowest BCUT2D eigenvalue weighted by molar-refractivity contribution is -0.138. The maximum atomic E-state index is 11.0. The molecule has 0 amide bonds. The molecule has 0 aliphatic heterocycles. The highest BCUT2D eigenvalue weighted by Gasteiger charge is 2.18.